The van der Waals surface area contributed by atoms with Crippen LogP contribution in [-0.4, -0.2) is 13.6 Å². The summed E-state index contributed by atoms with van der Waals surface area (Å²) in [5, 5.41) is 3.13. The Morgan fingerprint density at radius 3 is 1.67 bits per heavy atom. The number of hydrogen-bond acceptors (Lipinski definition) is 1. The summed E-state index contributed by atoms with van der Waals surface area (Å²) in [6, 6.07) is 0. The highest BCUT2D eigenvalue weighted by atomic mass is 14.8. The largest absolute Gasteiger partial charge is 0.320 e. The Morgan fingerprint density at radius 1 is 0.833 bits per heavy atom. The van der Waals surface area contributed by atoms with Gasteiger partial charge in [-0.1, -0.05) is 53.9 Å². The van der Waals surface area contributed by atoms with E-state index in [4.69, 9.17) is 0 Å². The highest BCUT2D eigenvalue weighted by Crippen LogP contribution is 1.96. The van der Waals surface area contributed by atoms with Gasteiger partial charge in [-0.25, -0.2) is 0 Å². The maximum absolute atomic E-state index is 3.13. The summed E-state index contributed by atoms with van der Waals surface area (Å²) in [5.41, 5.74) is 0. The molecule has 0 aliphatic rings. The van der Waals surface area contributed by atoms with Crippen LogP contribution in [0.5, 0.6) is 0 Å². The van der Waals surface area contributed by atoms with Gasteiger partial charge in [0.1, 0.15) is 0 Å². The lowest BCUT2D eigenvalue weighted by Crippen LogP contribution is -2.06. The van der Waals surface area contributed by atoms with Crippen LogP contribution >= 0.6 is 0 Å². The average Bonchev–Trinajstić information content (AvgIpc) is 2.19. The minimum atomic E-state index is 1.18. The van der Waals surface area contributed by atoms with Gasteiger partial charge in [0.05, 0.1) is 0 Å². The van der Waals surface area contributed by atoms with E-state index >= 15 is 0 Å². The fraction of sp³-hybridized carbons (Fsp3) is 1.00. The van der Waals surface area contributed by atoms with E-state index < -0.39 is 0 Å². The highest BCUT2D eigenvalue weighted by molar-refractivity contribution is 4.41. The molecule has 0 saturated carbocycles. The van der Waals surface area contributed by atoms with Gasteiger partial charge in [-0.2, -0.15) is 0 Å². The maximum Gasteiger partial charge on any atom is -0.00519 e. The second-order valence-electron chi connectivity index (χ2n) is 2.16. The van der Waals surface area contributed by atoms with Crippen molar-refractivity contribution in [1.29, 1.82) is 0 Å². The Morgan fingerprint density at radius 2 is 1.33 bits per heavy atom. The molecule has 78 valence electrons. The second kappa shape index (κ2) is 30.6. The molecule has 1 heteroatoms. The molecule has 12 heavy (non-hydrogen) atoms. The number of unbranched alkanes of at least 4 members (excludes halogenated alkanes) is 3. The topological polar surface area (TPSA) is 12.0 Å². The minimum Gasteiger partial charge on any atom is -0.320 e. The van der Waals surface area contributed by atoms with Crippen LogP contribution in [0.4, 0.5) is 0 Å². The van der Waals surface area contributed by atoms with E-state index in [1.54, 1.807) is 0 Å². The second-order valence-corrected chi connectivity index (χ2v) is 2.16. The summed E-state index contributed by atoms with van der Waals surface area (Å²) in [6.07, 6.45) is 5.45. The van der Waals surface area contributed by atoms with Crippen LogP contribution in [0.3, 0.4) is 0 Å². The van der Waals surface area contributed by atoms with Crippen molar-refractivity contribution in [3.63, 3.8) is 0 Å². The Labute approximate surface area is 80.0 Å². The highest BCUT2D eigenvalue weighted by Gasteiger charge is 1.82. The quantitative estimate of drug-likeness (QED) is 0.626. The monoisotopic (exact) mass is 175 g/mol. The predicted molar refractivity (Wildman–Crippen MR) is 60.8 cm³/mol. The summed E-state index contributed by atoms with van der Waals surface area (Å²) in [7, 11) is 2.01. The standard InChI is InChI=1S/C7H17N.2C2H6/c1-3-4-5-6-7-8-2;2*1-2/h8H,3-7H2,1-2H3;2*1-2H3. The zero-order valence-corrected chi connectivity index (χ0v) is 10.0. The summed E-state index contributed by atoms with van der Waals surface area (Å²) in [5.74, 6) is 0. The predicted octanol–water partition coefficient (Wildman–Crippen LogP) is 3.84. The fourth-order valence-corrected chi connectivity index (χ4v) is 0.729. The van der Waals surface area contributed by atoms with Gasteiger partial charge in [-0.3, -0.25) is 0 Å². The smallest absolute Gasteiger partial charge is 0.00519 e. The van der Waals surface area contributed by atoms with E-state index in [0.29, 0.717) is 0 Å². The number of hydrogen-bond donors (Lipinski definition) is 1. The molecule has 0 aromatic heterocycles. The molecule has 1 N–H and O–H groups in total. The van der Waals surface area contributed by atoms with Crippen LogP contribution in [0.15, 0.2) is 0 Å². The van der Waals surface area contributed by atoms with Crippen LogP contribution < -0.4 is 5.32 Å². The third kappa shape index (κ3) is 32.5. The van der Waals surface area contributed by atoms with E-state index in [2.05, 4.69) is 12.2 Å². The van der Waals surface area contributed by atoms with E-state index in [9.17, 15) is 0 Å². The Balaban J connectivity index is -0.000000175. The normalized spacial score (nSPS) is 7.50. The molecule has 0 rings (SSSR count). The van der Waals surface area contributed by atoms with Crippen LogP contribution in [0.25, 0.3) is 0 Å². The van der Waals surface area contributed by atoms with Crippen molar-refractivity contribution < 1.29 is 0 Å². The third-order valence-corrected chi connectivity index (χ3v) is 1.28. The van der Waals surface area contributed by atoms with E-state index in [1.165, 1.54) is 32.2 Å². The van der Waals surface area contributed by atoms with Gasteiger partial charge in [0.25, 0.3) is 0 Å². The molecular weight excluding hydrogens is 146 g/mol. The zero-order chi connectivity index (χ0) is 10.2. The van der Waals surface area contributed by atoms with E-state index in [1.807, 2.05) is 34.7 Å². The first-order valence-corrected chi connectivity index (χ1v) is 5.56. The van der Waals surface area contributed by atoms with Crippen molar-refractivity contribution in [3.8, 4) is 0 Å². The van der Waals surface area contributed by atoms with Gasteiger partial charge in [0, 0.05) is 0 Å². The number of nitrogens with one attached hydrogen (secondary N) is 1. The summed E-state index contributed by atoms with van der Waals surface area (Å²) in [4.78, 5) is 0. The van der Waals surface area contributed by atoms with Gasteiger partial charge < -0.3 is 5.32 Å². The first-order valence-electron chi connectivity index (χ1n) is 5.56. The molecule has 0 amide bonds. The molecule has 0 unspecified atom stereocenters. The molecule has 0 spiro atoms. The van der Waals surface area contributed by atoms with Gasteiger partial charge >= 0.3 is 0 Å². The van der Waals surface area contributed by atoms with Crippen LogP contribution in [0.2, 0.25) is 0 Å². The van der Waals surface area contributed by atoms with Crippen LogP contribution in [0, 0.1) is 0 Å². The summed E-state index contributed by atoms with van der Waals surface area (Å²) in [6.45, 7) is 11.4. The van der Waals surface area contributed by atoms with Gasteiger partial charge in [0.2, 0.25) is 0 Å². The molecule has 0 bridgehead atoms. The number of rotatable bonds is 5. The van der Waals surface area contributed by atoms with Gasteiger partial charge in [-0.05, 0) is 20.0 Å². The minimum absolute atomic E-state index is 1.18. The van der Waals surface area contributed by atoms with E-state index in [-0.39, 0.29) is 0 Å². The first-order chi connectivity index (χ1) is 5.91. The van der Waals surface area contributed by atoms with Crippen molar-refractivity contribution in [2.75, 3.05) is 13.6 Å². The molecule has 1 nitrogen and oxygen atoms in total. The van der Waals surface area contributed by atoms with Crippen molar-refractivity contribution in [3.05, 3.63) is 0 Å². The third-order valence-electron chi connectivity index (χ3n) is 1.28. The first kappa shape index (κ1) is 17.9. The maximum atomic E-state index is 3.13. The molecule has 0 fully saturated rings. The lowest BCUT2D eigenvalue weighted by Gasteiger charge is -1.95. The molecule has 0 saturated heterocycles. The van der Waals surface area contributed by atoms with Crippen molar-refractivity contribution in [2.45, 2.75) is 60.3 Å². The van der Waals surface area contributed by atoms with Gasteiger partial charge in [-0.15, -0.1) is 0 Å². The molecule has 0 atom stereocenters. The van der Waals surface area contributed by atoms with Crippen LogP contribution in [0.1, 0.15) is 60.3 Å². The molecule has 0 radical (unpaired) electrons. The zero-order valence-electron chi connectivity index (χ0n) is 10.0. The van der Waals surface area contributed by atoms with Crippen molar-refractivity contribution >= 4 is 0 Å². The Bertz CT molecular complexity index is 30.0. The Hall–Kier alpha value is -0.0400. The molecule has 0 aromatic carbocycles. The molecule has 0 aliphatic heterocycles. The van der Waals surface area contributed by atoms with Crippen molar-refractivity contribution in [2.24, 2.45) is 0 Å². The average molecular weight is 175 g/mol. The molecule has 0 heterocycles. The molecular formula is C11H29N. The fourth-order valence-electron chi connectivity index (χ4n) is 0.729. The van der Waals surface area contributed by atoms with Crippen molar-refractivity contribution in [1.82, 2.24) is 5.32 Å². The van der Waals surface area contributed by atoms with E-state index in [0.717, 1.165) is 0 Å². The lowest BCUT2D eigenvalue weighted by atomic mass is 10.2. The summed E-state index contributed by atoms with van der Waals surface area (Å²) >= 11 is 0. The lowest BCUT2D eigenvalue weighted by molar-refractivity contribution is 0.634. The van der Waals surface area contributed by atoms with Crippen LogP contribution in [-0.2, 0) is 0 Å². The Kier molecular flexibility index (Phi) is 45.6. The molecule has 0 aliphatic carbocycles. The molecule has 0 aromatic rings. The van der Waals surface area contributed by atoms with Gasteiger partial charge in [0.15, 0.2) is 0 Å². The summed E-state index contributed by atoms with van der Waals surface area (Å²) < 4.78 is 0. The SMILES string of the molecule is CC.CC.CCCCCCNC.